The standard InChI is InChI=1S/C12H22N2O2S/c1-3-9(7-10(13)17)14-11(15)8-12(16-2)5-4-6-12/h9H,3-8H2,1-2H3,(H2,13,17)(H,14,15). The maximum absolute atomic E-state index is 11.9. The molecule has 1 amide bonds. The Bertz CT molecular complexity index is 285. The molecule has 3 N–H and O–H groups in total. The summed E-state index contributed by atoms with van der Waals surface area (Å²) in [5, 5.41) is 2.97. The maximum Gasteiger partial charge on any atom is 0.223 e. The van der Waals surface area contributed by atoms with Crippen LogP contribution in [-0.4, -0.2) is 29.6 Å². The Morgan fingerprint density at radius 1 is 1.59 bits per heavy atom. The van der Waals surface area contributed by atoms with Gasteiger partial charge in [-0.3, -0.25) is 4.79 Å². The van der Waals surface area contributed by atoms with Gasteiger partial charge in [0, 0.05) is 19.6 Å². The first-order chi connectivity index (χ1) is 8.01. The first-order valence-electron chi connectivity index (χ1n) is 6.14. The van der Waals surface area contributed by atoms with E-state index in [9.17, 15) is 4.79 Å². The molecule has 17 heavy (non-hydrogen) atoms. The summed E-state index contributed by atoms with van der Waals surface area (Å²) in [6, 6.07) is 0.0500. The van der Waals surface area contributed by atoms with Crippen LogP contribution in [0.25, 0.3) is 0 Å². The average Bonchev–Trinajstić information content (AvgIpc) is 2.21. The van der Waals surface area contributed by atoms with E-state index in [1.165, 1.54) is 0 Å². The van der Waals surface area contributed by atoms with Crippen LogP contribution in [-0.2, 0) is 9.53 Å². The molecule has 0 spiro atoms. The van der Waals surface area contributed by atoms with Crippen molar-refractivity contribution in [3.8, 4) is 0 Å². The number of hydrogen-bond acceptors (Lipinski definition) is 3. The van der Waals surface area contributed by atoms with Crippen molar-refractivity contribution in [3.63, 3.8) is 0 Å². The smallest absolute Gasteiger partial charge is 0.223 e. The summed E-state index contributed by atoms with van der Waals surface area (Å²) in [4.78, 5) is 12.3. The van der Waals surface area contributed by atoms with Crippen molar-refractivity contribution in [1.29, 1.82) is 0 Å². The third kappa shape index (κ3) is 4.24. The lowest BCUT2D eigenvalue weighted by molar-refractivity contribution is -0.134. The van der Waals surface area contributed by atoms with E-state index in [1.54, 1.807) is 7.11 Å². The number of ether oxygens (including phenoxy) is 1. The van der Waals surface area contributed by atoms with Gasteiger partial charge in [-0.1, -0.05) is 19.1 Å². The molecule has 5 heteroatoms. The lowest BCUT2D eigenvalue weighted by Gasteiger charge is -2.40. The first-order valence-corrected chi connectivity index (χ1v) is 6.55. The fourth-order valence-electron chi connectivity index (χ4n) is 2.14. The SMILES string of the molecule is CCC(CC(N)=S)NC(=O)CC1(OC)CCC1. The molecule has 0 aromatic carbocycles. The number of hydrogen-bond donors (Lipinski definition) is 2. The molecule has 98 valence electrons. The van der Waals surface area contributed by atoms with Gasteiger partial charge in [-0.05, 0) is 25.7 Å². The van der Waals surface area contributed by atoms with Crippen LogP contribution in [0.5, 0.6) is 0 Å². The zero-order valence-electron chi connectivity index (χ0n) is 10.6. The fraction of sp³-hybridized carbons (Fsp3) is 0.833. The van der Waals surface area contributed by atoms with Crippen molar-refractivity contribution in [3.05, 3.63) is 0 Å². The Morgan fingerprint density at radius 2 is 2.24 bits per heavy atom. The summed E-state index contributed by atoms with van der Waals surface area (Å²) < 4.78 is 5.43. The van der Waals surface area contributed by atoms with Crippen LogP contribution >= 0.6 is 12.2 Å². The lowest BCUT2D eigenvalue weighted by atomic mass is 9.77. The highest BCUT2D eigenvalue weighted by Crippen LogP contribution is 2.37. The molecule has 0 bridgehead atoms. The number of methoxy groups -OCH3 is 1. The highest BCUT2D eigenvalue weighted by Gasteiger charge is 2.39. The highest BCUT2D eigenvalue weighted by atomic mass is 32.1. The summed E-state index contributed by atoms with van der Waals surface area (Å²) in [5.41, 5.74) is 5.27. The van der Waals surface area contributed by atoms with Crippen molar-refractivity contribution in [2.75, 3.05) is 7.11 Å². The Balaban J connectivity index is 2.39. The van der Waals surface area contributed by atoms with Gasteiger partial charge in [-0.2, -0.15) is 0 Å². The molecule has 1 saturated carbocycles. The Labute approximate surface area is 108 Å². The minimum absolute atomic E-state index is 0.0367. The Morgan fingerprint density at radius 3 is 2.59 bits per heavy atom. The van der Waals surface area contributed by atoms with Crippen LogP contribution in [0.3, 0.4) is 0 Å². The van der Waals surface area contributed by atoms with Crippen molar-refractivity contribution in [1.82, 2.24) is 5.32 Å². The maximum atomic E-state index is 11.9. The highest BCUT2D eigenvalue weighted by molar-refractivity contribution is 7.80. The number of nitrogens with one attached hydrogen (secondary N) is 1. The van der Waals surface area contributed by atoms with Crippen LogP contribution in [0, 0.1) is 0 Å². The van der Waals surface area contributed by atoms with Crippen LogP contribution < -0.4 is 11.1 Å². The summed E-state index contributed by atoms with van der Waals surface area (Å²) in [6.07, 6.45) is 4.94. The van der Waals surface area contributed by atoms with E-state index in [4.69, 9.17) is 22.7 Å². The number of amides is 1. The molecule has 0 aromatic rings. The molecule has 0 aromatic heterocycles. The predicted molar refractivity (Wildman–Crippen MR) is 71.8 cm³/mol. The predicted octanol–water partition coefficient (Wildman–Crippen LogP) is 1.52. The fourth-order valence-corrected chi connectivity index (χ4v) is 2.34. The van der Waals surface area contributed by atoms with Crippen molar-refractivity contribution >= 4 is 23.1 Å². The molecule has 1 aliphatic carbocycles. The van der Waals surface area contributed by atoms with Crippen LogP contribution in [0.4, 0.5) is 0 Å². The second kappa shape index (κ2) is 6.31. The molecule has 0 saturated heterocycles. The van der Waals surface area contributed by atoms with Crippen molar-refractivity contribution < 1.29 is 9.53 Å². The molecule has 1 unspecified atom stereocenters. The third-order valence-corrected chi connectivity index (χ3v) is 3.65. The van der Waals surface area contributed by atoms with Gasteiger partial charge in [0.2, 0.25) is 5.91 Å². The number of thiocarbonyl (C=S) groups is 1. The van der Waals surface area contributed by atoms with Crippen molar-refractivity contribution in [2.24, 2.45) is 5.73 Å². The molecular formula is C12H22N2O2S. The van der Waals surface area contributed by atoms with Crippen molar-refractivity contribution in [2.45, 2.75) is 57.1 Å². The van der Waals surface area contributed by atoms with Crippen LogP contribution in [0.1, 0.15) is 45.4 Å². The quantitative estimate of drug-likeness (QED) is 0.680. The van der Waals surface area contributed by atoms with Gasteiger partial charge in [0.15, 0.2) is 0 Å². The average molecular weight is 258 g/mol. The van der Waals surface area contributed by atoms with Gasteiger partial charge >= 0.3 is 0 Å². The number of rotatable bonds is 7. The number of nitrogens with two attached hydrogens (primary N) is 1. The van der Waals surface area contributed by atoms with E-state index >= 15 is 0 Å². The summed E-state index contributed by atoms with van der Waals surface area (Å²) in [7, 11) is 1.68. The second-order valence-corrected chi connectivity index (χ2v) is 5.28. The topological polar surface area (TPSA) is 64.3 Å². The lowest BCUT2D eigenvalue weighted by Crippen LogP contribution is -2.46. The van der Waals surface area contributed by atoms with Crippen LogP contribution in [0.2, 0.25) is 0 Å². The zero-order chi connectivity index (χ0) is 12.9. The summed E-state index contributed by atoms with van der Waals surface area (Å²) >= 11 is 4.86. The van der Waals surface area contributed by atoms with Crippen LogP contribution in [0.15, 0.2) is 0 Å². The van der Waals surface area contributed by atoms with Gasteiger partial charge < -0.3 is 15.8 Å². The monoisotopic (exact) mass is 258 g/mol. The minimum Gasteiger partial charge on any atom is -0.393 e. The van der Waals surface area contributed by atoms with E-state index in [2.05, 4.69) is 5.32 Å². The van der Waals surface area contributed by atoms with Gasteiger partial charge in [-0.15, -0.1) is 0 Å². The molecule has 4 nitrogen and oxygen atoms in total. The normalized spacial score (nSPS) is 19.2. The van der Waals surface area contributed by atoms with E-state index in [-0.39, 0.29) is 17.6 Å². The summed E-state index contributed by atoms with van der Waals surface area (Å²) in [5.74, 6) is 0.0367. The zero-order valence-corrected chi connectivity index (χ0v) is 11.4. The minimum atomic E-state index is -0.217. The van der Waals surface area contributed by atoms with Gasteiger partial charge in [0.05, 0.1) is 17.0 Å². The third-order valence-electron chi connectivity index (χ3n) is 3.49. The molecule has 1 aliphatic rings. The Hall–Kier alpha value is -0.680. The molecule has 0 aliphatic heterocycles. The molecular weight excluding hydrogens is 236 g/mol. The Kier molecular flexibility index (Phi) is 5.33. The van der Waals surface area contributed by atoms with E-state index in [0.29, 0.717) is 17.8 Å². The second-order valence-electron chi connectivity index (χ2n) is 4.76. The molecule has 0 radical (unpaired) electrons. The molecule has 1 fully saturated rings. The molecule has 0 heterocycles. The van der Waals surface area contributed by atoms with Gasteiger partial charge in [0.25, 0.3) is 0 Å². The largest absolute Gasteiger partial charge is 0.393 e. The molecule has 1 atom stereocenters. The first kappa shape index (κ1) is 14.4. The number of carbonyl (C=O) groups excluding carboxylic acids is 1. The van der Waals surface area contributed by atoms with E-state index < -0.39 is 0 Å². The van der Waals surface area contributed by atoms with E-state index in [1.807, 2.05) is 6.92 Å². The van der Waals surface area contributed by atoms with E-state index in [0.717, 1.165) is 25.7 Å². The number of carbonyl (C=O) groups is 1. The van der Waals surface area contributed by atoms with Gasteiger partial charge in [0.1, 0.15) is 0 Å². The summed E-state index contributed by atoms with van der Waals surface area (Å²) in [6.45, 7) is 2.01. The molecule has 1 rings (SSSR count). The van der Waals surface area contributed by atoms with Gasteiger partial charge in [-0.25, -0.2) is 0 Å².